The highest BCUT2D eigenvalue weighted by Gasteiger charge is 2.37. The van der Waals surface area contributed by atoms with Crippen molar-refractivity contribution in [3.63, 3.8) is 0 Å². The molecule has 6 heteroatoms. The van der Waals surface area contributed by atoms with Gasteiger partial charge in [0, 0.05) is 35.8 Å². The number of methoxy groups -OCH3 is 2. The van der Waals surface area contributed by atoms with Crippen molar-refractivity contribution in [2.45, 2.75) is 18.3 Å². The number of benzene rings is 2. The SMILES string of the molecule is COc1ccc(Cl)cc1C(=O)NCC1(c2ccccc2OC)CCOCC1. The molecular formula is C21H24ClNO4. The molecule has 1 heterocycles. The molecule has 27 heavy (non-hydrogen) atoms. The second-order valence-corrected chi connectivity index (χ2v) is 7.06. The summed E-state index contributed by atoms with van der Waals surface area (Å²) in [7, 11) is 3.20. The minimum Gasteiger partial charge on any atom is -0.496 e. The smallest absolute Gasteiger partial charge is 0.255 e. The predicted octanol–water partition coefficient (Wildman–Crippen LogP) is 3.84. The van der Waals surface area contributed by atoms with E-state index in [1.165, 1.54) is 7.11 Å². The van der Waals surface area contributed by atoms with Crippen LogP contribution in [-0.2, 0) is 10.2 Å². The fourth-order valence-corrected chi connectivity index (χ4v) is 3.76. The van der Waals surface area contributed by atoms with Gasteiger partial charge in [0.25, 0.3) is 5.91 Å². The van der Waals surface area contributed by atoms with Crippen molar-refractivity contribution in [1.29, 1.82) is 0 Å². The van der Waals surface area contributed by atoms with E-state index in [0.29, 0.717) is 36.1 Å². The van der Waals surface area contributed by atoms with Crippen LogP contribution in [0.3, 0.4) is 0 Å². The van der Waals surface area contributed by atoms with Gasteiger partial charge in [0.15, 0.2) is 0 Å². The van der Waals surface area contributed by atoms with Gasteiger partial charge in [-0.05, 0) is 37.1 Å². The number of amides is 1. The summed E-state index contributed by atoms with van der Waals surface area (Å²) >= 11 is 6.06. The highest BCUT2D eigenvalue weighted by atomic mass is 35.5. The second-order valence-electron chi connectivity index (χ2n) is 6.62. The largest absolute Gasteiger partial charge is 0.496 e. The Morgan fingerprint density at radius 2 is 1.81 bits per heavy atom. The topological polar surface area (TPSA) is 56.8 Å². The van der Waals surface area contributed by atoms with Crippen LogP contribution in [0.2, 0.25) is 5.02 Å². The third kappa shape index (κ3) is 4.20. The molecule has 1 fully saturated rings. The van der Waals surface area contributed by atoms with Crippen LogP contribution < -0.4 is 14.8 Å². The van der Waals surface area contributed by atoms with Crippen LogP contribution >= 0.6 is 11.6 Å². The molecule has 0 radical (unpaired) electrons. The average molecular weight is 390 g/mol. The predicted molar refractivity (Wildman–Crippen MR) is 105 cm³/mol. The van der Waals surface area contributed by atoms with E-state index in [1.54, 1.807) is 25.3 Å². The summed E-state index contributed by atoms with van der Waals surface area (Å²) < 4.78 is 16.4. The molecule has 2 aromatic rings. The van der Waals surface area contributed by atoms with Crippen molar-refractivity contribution in [3.05, 3.63) is 58.6 Å². The first-order valence-electron chi connectivity index (χ1n) is 8.92. The normalized spacial score (nSPS) is 15.8. The number of rotatable bonds is 6. The summed E-state index contributed by atoms with van der Waals surface area (Å²) in [6.07, 6.45) is 1.61. The summed E-state index contributed by atoms with van der Waals surface area (Å²) in [5, 5.41) is 3.56. The summed E-state index contributed by atoms with van der Waals surface area (Å²) in [5.74, 6) is 1.11. The van der Waals surface area contributed by atoms with E-state index in [4.69, 9.17) is 25.8 Å². The molecular weight excluding hydrogens is 366 g/mol. The lowest BCUT2D eigenvalue weighted by Crippen LogP contribution is -2.44. The first-order valence-corrected chi connectivity index (χ1v) is 9.30. The van der Waals surface area contributed by atoms with Crippen LogP contribution in [0.1, 0.15) is 28.8 Å². The molecule has 0 unspecified atom stereocenters. The Bertz CT molecular complexity index is 803. The van der Waals surface area contributed by atoms with Gasteiger partial charge in [0.05, 0.1) is 19.8 Å². The zero-order chi connectivity index (χ0) is 19.3. The molecule has 2 aromatic carbocycles. The van der Waals surface area contributed by atoms with Gasteiger partial charge in [-0.3, -0.25) is 4.79 Å². The van der Waals surface area contributed by atoms with Crippen LogP contribution in [0.25, 0.3) is 0 Å². The van der Waals surface area contributed by atoms with Crippen LogP contribution in [0, 0.1) is 0 Å². The van der Waals surface area contributed by atoms with E-state index in [2.05, 4.69) is 11.4 Å². The third-order valence-corrected chi connectivity index (χ3v) is 5.36. The molecule has 0 atom stereocenters. The first kappa shape index (κ1) is 19.5. The van der Waals surface area contributed by atoms with E-state index in [0.717, 1.165) is 24.2 Å². The van der Waals surface area contributed by atoms with Gasteiger partial charge in [-0.25, -0.2) is 0 Å². The average Bonchev–Trinajstić information content (AvgIpc) is 2.72. The maximum atomic E-state index is 12.8. The van der Waals surface area contributed by atoms with E-state index in [-0.39, 0.29) is 11.3 Å². The lowest BCUT2D eigenvalue weighted by Gasteiger charge is -2.38. The maximum Gasteiger partial charge on any atom is 0.255 e. The number of hydrogen-bond donors (Lipinski definition) is 1. The molecule has 1 N–H and O–H groups in total. The van der Waals surface area contributed by atoms with Gasteiger partial charge in [-0.1, -0.05) is 29.8 Å². The number of hydrogen-bond acceptors (Lipinski definition) is 4. The minimum atomic E-state index is -0.244. The summed E-state index contributed by atoms with van der Waals surface area (Å²) in [4.78, 5) is 12.8. The van der Waals surface area contributed by atoms with E-state index in [1.807, 2.05) is 18.2 Å². The molecule has 3 rings (SSSR count). The molecule has 1 saturated heterocycles. The van der Waals surface area contributed by atoms with E-state index >= 15 is 0 Å². The Hall–Kier alpha value is -2.24. The van der Waals surface area contributed by atoms with Crippen molar-refractivity contribution in [2.24, 2.45) is 0 Å². The zero-order valence-electron chi connectivity index (χ0n) is 15.6. The Balaban J connectivity index is 1.86. The Morgan fingerprint density at radius 1 is 1.11 bits per heavy atom. The quantitative estimate of drug-likeness (QED) is 0.815. The lowest BCUT2D eigenvalue weighted by molar-refractivity contribution is 0.0479. The van der Waals surface area contributed by atoms with Crippen molar-refractivity contribution in [3.8, 4) is 11.5 Å². The first-order chi connectivity index (χ1) is 13.1. The zero-order valence-corrected chi connectivity index (χ0v) is 16.3. The van der Waals surface area contributed by atoms with Crippen LogP contribution in [0.15, 0.2) is 42.5 Å². The molecule has 1 amide bonds. The Kier molecular flexibility index (Phi) is 6.24. The van der Waals surface area contributed by atoms with Gasteiger partial charge in [0.2, 0.25) is 0 Å². The van der Waals surface area contributed by atoms with Crippen molar-refractivity contribution >= 4 is 17.5 Å². The maximum absolute atomic E-state index is 12.8. The number of carbonyl (C=O) groups is 1. The van der Waals surface area contributed by atoms with Crippen LogP contribution in [-0.4, -0.2) is 39.9 Å². The molecule has 1 aliphatic heterocycles. The molecule has 0 spiro atoms. The van der Waals surface area contributed by atoms with Gasteiger partial charge in [0.1, 0.15) is 11.5 Å². The van der Waals surface area contributed by atoms with E-state index in [9.17, 15) is 4.79 Å². The van der Waals surface area contributed by atoms with Gasteiger partial charge in [-0.2, -0.15) is 0 Å². The van der Waals surface area contributed by atoms with Gasteiger partial charge < -0.3 is 19.5 Å². The van der Waals surface area contributed by atoms with Crippen LogP contribution in [0.4, 0.5) is 0 Å². The summed E-state index contributed by atoms with van der Waals surface area (Å²) in [5.41, 5.74) is 1.27. The fraction of sp³-hybridized carbons (Fsp3) is 0.381. The Morgan fingerprint density at radius 3 is 2.52 bits per heavy atom. The number of ether oxygens (including phenoxy) is 3. The molecule has 0 bridgehead atoms. The molecule has 144 valence electrons. The highest BCUT2D eigenvalue weighted by molar-refractivity contribution is 6.31. The number of carbonyl (C=O) groups excluding carboxylic acids is 1. The summed E-state index contributed by atoms with van der Waals surface area (Å²) in [6.45, 7) is 1.77. The molecule has 0 aromatic heterocycles. The number of halogens is 1. The van der Waals surface area contributed by atoms with Crippen molar-refractivity contribution in [1.82, 2.24) is 5.32 Å². The summed E-state index contributed by atoms with van der Waals surface area (Å²) in [6, 6.07) is 13.0. The molecule has 0 saturated carbocycles. The molecule has 5 nitrogen and oxygen atoms in total. The molecule has 1 aliphatic rings. The monoisotopic (exact) mass is 389 g/mol. The standard InChI is InChI=1S/C21H24ClNO4/c1-25-18-8-7-15(22)13-16(18)20(24)23-14-21(9-11-27-12-10-21)17-5-3-4-6-19(17)26-2/h3-8,13H,9-12,14H2,1-2H3,(H,23,24). The number of para-hydroxylation sites is 1. The Labute approximate surface area is 164 Å². The number of nitrogens with one attached hydrogen (secondary N) is 1. The minimum absolute atomic E-state index is 0.213. The lowest BCUT2D eigenvalue weighted by atomic mass is 9.73. The van der Waals surface area contributed by atoms with Crippen LogP contribution in [0.5, 0.6) is 11.5 Å². The third-order valence-electron chi connectivity index (χ3n) is 5.12. The fourth-order valence-electron chi connectivity index (χ4n) is 3.59. The molecule has 0 aliphatic carbocycles. The highest BCUT2D eigenvalue weighted by Crippen LogP contribution is 2.39. The second kappa shape index (κ2) is 8.63. The van der Waals surface area contributed by atoms with Crippen molar-refractivity contribution in [2.75, 3.05) is 34.0 Å². The van der Waals surface area contributed by atoms with Gasteiger partial charge in [-0.15, -0.1) is 0 Å². The van der Waals surface area contributed by atoms with E-state index < -0.39 is 0 Å². The van der Waals surface area contributed by atoms with Gasteiger partial charge >= 0.3 is 0 Å². The van der Waals surface area contributed by atoms with Crippen molar-refractivity contribution < 1.29 is 19.0 Å².